The molecule has 0 unspecified atom stereocenters. The summed E-state index contributed by atoms with van der Waals surface area (Å²) in [6.45, 7) is 2.03. The summed E-state index contributed by atoms with van der Waals surface area (Å²) in [5.41, 5.74) is 1.25. The van der Waals surface area contributed by atoms with Crippen LogP contribution in [0.5, 0.6) is 11.5 Å². The van der Waals surface area contributed by atoms with Crippen LogP contribution in [0.1, 0.15) is 37.3 Å². The monoisotopic (exact) mass is 533 g/mol. The summed E-state index contributed by atoms with van der Waals surface area (Å²) in [4.78, 5) is 13.4. The van der Waals surface area contributed by atoms with E-state index in [1.54, 1.807) is 37.4 Å². The number of methoxy groups -OCH3 is 2. The Labute approximate surface area is 218 Å². The Hall–Kier alpha value is -2.86. The lowest BCUT2D eigenvalue weighted by Gasteiger charge is -2.22. The highest BCUT2D eigenvalue weighted by Gasteiger charge is 2.25. The molecule has 0 aliphatic carbocycles. The zero-order valence-electron chi connectivity index (χ0n) is 21.2. The molecular formula is C26H35N3O7S. The first-order valence-corrected chi connectivity index (χ1v) is 14.0. The summed E-state index contributed by atoms with van der Waals surface area (Å²) in [6.07, 6.45) is 3.58. The van der Waals surface area contributed by atoms with Gasteiger partial charge in [-0.3, -0.25) is 4.79 Å². The lowest BCUT2D eigenvalue weighted by Crippen LogP contribution is -2.38. The molecule has 37 heavy (non-hydrogen) atoms. The van der Waals surface area contributed by atoms with E-state index in [0.29, 0.717) is 42.5 Å². The maximum atomic E-state index is 13.3. The molecule has 2 heterocycles. The molecule has 2 aromatic rings. The Balaban J connectivity index is 1.49. The number of sulfonamides is 1. The molecule has 2 aliphatic rings. The van der Waals surface area contributed by atoms with Gasteiger partial charge in [0.2, 0.25) is 15.9 Å². The molecule has 11 heteroatoms. The van der Waals surface area contributed by atoms with Crippen LogP contribution in [-0.2, 0) is 24.3 Å². The number of hydrogen-bond donors (Lipinski definition) is 3. The number of hydrogen-bond acceptors (Lipinski definition) is 8. The van der Waals surface area contributed by atoms with Gasteiger partial charge in [-0.25, -0.2) is 13.1 Å². The topological polar surface area (TPSA) is 124 Å². The van der Waals surface area contributed by atoms with E-state index in [9.17, 15) is 13.2 Å². The van der Waals surface area contributed by atoms with Crippen molar-refractivity contribution in [2.24, 2.45) is 0 Å². The Morgan fingerprint density at radius 1 is 0.946 bits per heavy atom. The van der Waals surface area contributed by atoms with Crippen LogP contribution >= 0.6 is 0 Å². The van der Waals surface area contributed by atoms with E-state index < -0.39 is 16.1 Å². The van der Waals surface area contributed by atoms with E-state index in [-0.39, 0.29) is 29.6 Å². The van der Waals surface area contributed by atoms with Gasteiger partial charge in [-0.1, -0.05) is 6.07 Å². The Morgan fingerprint density at radius 3 is 2.19 bits per heavy atom. The maximum Gasteiger partial charge on any atom is 0.247 e. The minimum Gasteiger partial charge on any atom is -0.493 e. The highest BCUT2D eigenvalue weighted by Crippen LogP contribution is 2.31. The van der Waals surface area contributed by atoms with Crippen molar-refractivity contribution < 1.29 is 32.2 Å². The molecule has 1 amide bonds. The molecule has 0 spiro atoms. The van der Waals surface area contributed by atoms with E-state index in [2.05, 4.69) is 15.4 Å². The van der Waals surface area contributed by atoms with Crippen molar-refractivity contribution in [2.75, 3.05) is 45.8 Å². The number of benzene rings is 2. The third-order valence-electron chi connectivity index (χ3n) is 6.53. The predicted molar refractivity (Wildman–Crippen MR) is 138 cm³/mol. The normalized spacial score (nSPS) is 20.4. The van der Waals surface area contributed by atoms with E-state index in [1.165, 1.54) is 19.2 Å². The van der Waals surface area contributed by atoms with Crippen molar-refractivity contribution in [1.29, 1.82) is 0 Å². The van der Waals surface area contributed by atoms with Crippen molar-refractivity contribution in [3.05, 3.63) is 48.0 Å². The lowest BCUT2D eigenvalue weighted by atomic mass is 10.0. The van der Waals surface area contributed by atoms with Gasteiger partial charge in [-0.15, -0.1) is 0 Å². The fraction of sp³-hybridized carbons (Fsp3) is 0.500. The molecule has 0 saturated carbocycles. The van der Waals surface area contributed by atoms with Gasteiger partial charge in [0, 0.05) is 32.0 Å². The van der Waals surface area contributed by atoms with Gasteiger partial charge < -0.3 is 29.6 Å². The second-order valence-corrected chi connectivity index (χ2v) is 10.9. The number of ether oxygens (including phenoxy) is 4. The number of amides is 1. The standard InChI is InChI=1S/C26H35N3O7S/c1-33-23-12-7-18(15-24(23)34-2)25(26(30)27-16-20-5-3-13-35-20)29-19-8-10-22(11-9-19)37(31,32)28-17-21-6-4-14-36-21/h7-12,15,20-21,25,28-29H,3-6,13-14,16-17H2,1-2H3,(H,27,30)/t20-,21-,25-/m0/s1. The predicted octanol–water partition coefficient (Wildman–Crippen LogP) is 2.61. The van der Waals surface area contributed by atoms with Gasteiger partial charge in [0.1, 0.15) is 6.04 Å². The van der Waals surface area contributed by atoms with Gasteiger partial charge in [0.25, 0.3) is 0 Å². The van der Waals surface area contributed by atoms with Crippen LogP contribution in [0.25, 0.3) is 0 Å². The van der Waals surface area contributed by atoms with Gasteiger partial charge >= 0.3 is 0 Å². The minimum atomic E-state index is -3.68. The van der Waals surface area contributed by atoms with Crippen molar-refractivity contribution >= 4 is 21.6 Å². The third kappa shape index (κ3) is 7.13. The average Bonchev–Trinajstić information content (AvgIpc) is 3.64. The highest BCUT2D eigenvalue weighted by molar-refractivity contribution is 7.89. The SMILES string of the molecule is COc1ccc([C@H](Nc2ccc(S(=O)(=O)NC[C@@H]3CCCO3)cc2)C(=O)NC[C@@H]2CCCO2)cc1OC. The first-order valence-electron chi connectivity index (χ1n) is 12.5. The first-order chi connectivity index (χ1) is 17.9. The zero-order chi connectivity index (χ0) is 26.3. The van der Waals surface area contributed by atoms with Crippen LogP contribution in [0.2, 0.25) is 0 Å². The highest BCUT2D eigenvalue weighted by atomic mass is 32.2. The van der Waals surface area contributed by atoms with Crippen molar-refractivity contribution in [3.63, 3.8) is 0 Å². The van der Waals surface area contributed by atoms with Crippen molar-refractivity contribution in [2.45, 2.75) is 48.8 Å². The maximum absolute atomic E-state index is 13.3. The van der Waals surface area contributed by atoms with Crippen LogP contribution in [0.4, 0.5) is 5.69 Å². The van der Waals surface area contributed by atoms with Crippen LogP contribution in [0.3, 0.4) is 0 Å². The largest absolute Gasteiger partial charge is 0.493 e. The van der Waals surface area contributed by atoms with Gasteiger partial charge in [0.15, 0.2) is 11.5 Å². The molecular weight excluding hydrogens is 498 g/mol. The summed E-state index contributed by atoms with van der Waals surface area (Å²) in [5.74, 6) is 0.810. The van der Waals surface area contributed by atoms with Crippen LogP contribution < -0.4 is 24.8 Å². The number of anilines is 1. The number of carbonyl (C=O) groups excluding carboxylic acids is 1. The molecule has 2 saturated heterocycles. The Bertz CT molecular complexity index is 1150. The molecule has 202 valence electrons. The smallest absolute Gasteiger partial charge is 0.247 e. The van der Waals surface area contributed by atoms with Crippen molar-refractivity contribution in [3.8, 4) is 11.5 Å². The van der Waals surface area contributed by atoms with Gasteiger partial charge in [-0.2, -0.15) is 0 Å². The van der Waals surface area contributed by atoms with Crippen LogP contribution in [0, 0.1) is 0 Å². The first kappa shape index (κ1) is 27.2. The molecule has 4 rings (SSSR count). The van der Waals surface area contributed by atoms with Gasteiger partial charge in [-0.05, 0) is 67.6 Å². The second kappa shape index (κ2) is 12.6. The van der Waals surface area contributed by atoms with Crippen LogP contribution in [0.15, 0.2) is 47.4 Å². The van der Waals surface area contributed by atoms with E-state index in [0.717, 1.165) is 25.7 Å². The number of rotatable bonds is 12. The fourth-order valence-electron chi connectivity index (χ4n) is 4.44. The Kier molecular flexibility index (Phi) is 9.25. The summed E-state index contributed by atoms with van der Waals surface area (Å²) in [6, 6.07) is 10.8. The van der Waals surface area contributed by atoms with Gasteiger partial charge in [0.05, 0.1) is 31.3 Å². The summed E-state index contributed by atoms with van der Waals surface area (Å²) >= 11 is 0. The molecule has 2 aliphatic heterocycles. The summed E-state index contributed by atoms with van der Waals surface area (Å²) in [7, 11) is -0.594. The zero-order valence-corrected chi connectivity index (χ0v) is 22.0. The third-order valence-corrected chi connectivity index (χ3v) is 7.97. The molecule has 0 aromatic heterocycles. The lowest BCUT2D eigenvalue weighted by molar-refractivity contribution is -0.122. The molecule has 3 N–H and O–H groups in total. The second-order valence-electron chi connectivity index (χ2n) is 9.08. The molecule has 0 bridgehead atoms. The molecule has 2 fully saturated rings. The molecule has 3 atom stereocenters. The molecule has 0 radical (unpaired) electrons. The quantitative estimate of drug-likeness (QED) is 0.380. The Morgan fingerprint density at radius 2 is 1.59 bits per heavy atom. The summed E-state index contributed by atoms with van der Waals surface area (Å²) < 4.78 is 49.9. The molecule has 2 aromatic carbocycles. The number of carbonyl (C=O) groups is 1. The summed E-state index contributed by atoms with van der Waals surface area (Å²) in [5, 5.41) is 6.20. The van der Waals surface area contributed by atoms with E-state index in [4.69, 9.17) is 18.9 Å². The van der Waals surface area contributed by atoms with Crippen LogP contribution in [-0.4, -0.2) is 67.1 Å². The van der Waals surface area contributed by atoms with Crippen molar-refractivity contribution in [1.82, 2.24) is 10.0 Å². The minimum absolute atomic E-state index is 0.00151. The number of nitrogens with one attached hydrogen (secondary N) is 3. The molecule has 10 nitrogen and oxygen atoms in total. The fourth-order valence-corrected chi connectivity index (χ4v) is 5.51. The van der Waals surface area contributed by atoms with E-state index >= 15 is 0 Å². The van der Waals surface area contributed by atoms with E-state index in [1.807, 2.05) is 0 Å². The average molecular weight is 534 g/mol.